The molecule has 0 aliphatic heterocycles. The summed E-state index contributed by atoms with van der Waals surface area (Å²) in [6.45, 7) is 4.78. The second-order valence-corrected chi connectivity index (χ2v) is 10.2. The average molecular weight is 478 g/mol. The molecule has 1 amide bonds. The quantitative estimate of drug-likeness (QED) is 0.454. The molecule has 1 aromatic heterocycles. The third-order valence-corrected chi connectivity index (χ3v) is 7.20. The summed E-state index contributed by atoms with van der Waals surface area (Å²) in [4.78, 5) is 13.4. The van der Waals surface area contributed by atoms with Crippen LogP contribution in [0.4, 0.5) is 5.69 Å². The van der Waals surface area contributed by atoms with Gasteiger partial charge in [0.25, 0.3) is 0 Å². The Morgan fingerprint density at radius 3 is 2.35 bits per heavy atom. The zero-order chi connectivity index (χ0) is 22.4. The maximum absolute atomic E-state index is 12.3. The molecule has 11 heteroatoms. The first-order valence-corrected chi connectivity index (χ1v) is 12.9. The Balaban J connectivity index is 1.56. The van der Waals surface area contributed by atoms with Crippen molar-refractivity contribution in [2.45, 2.75) is 41.1 Å². The number of hydrogen-bond acceptors (Lipinski definition) is 7. The van der Waals surface area contributed by atoms with Gasteiger partial charge in [0.15, 0.2) is 5.16 Å². The van der Waals surface area contributed by atoms with Gasteiger partial charge >= 0.3 is 0 Å². The van der Waals surface area contributed by atoms with Crippen molar-refractivity contribution in [2.24, 2.45) is 5.14 Å². The van der Waals surface area contributed by atoms with Crippen LogP contribution in [0.15, 0.2) is 63.5 Å². The van der Waals surface area contributed by atoms with E-state index >= 15 is 0 Å². The van der Waals surface area contributed by atoms with Crippen LogP contribution in [0.1, 0.15) is 18.3 Å². The van der Waals surface area contributed by atoms with Crippen LogP contribution in [0.5, 0.6) is 0 Å². The Kier molecular flexibility index (Phi) is 7.76. The van der Waals surface area contributed by atoms with Crippen molar-refractivity contribution >= 4 is 45.1 Å². The van der Waals surface area contributed by atoms with Crippen molar-refractivity contribution in [2.75, 3.05) is 11.1 Å². The molecule has 31 heavy (non-hydrogen) atoms. The summed E-state index contributed by atoms with van der Waals surface area (Å²) in [7, 11) is -3.76. The molecule has 0 aliphatic rings. The number of anilines is 1. The van der Waals surface area contributed by atoms with E-state index in [4.69, 9.17) is 5.14 Å². The molecule has 0 fully saturated rings. The zero-order valence-corrected chi connectivity index (χ0v) is 19.6. The van der Waals surface area contributed by atoms with Crippen LogP contribution >= 0.6 is 23.5 Å². The number of nitrogens with zero attached hydrogens (tertiary/aromatic N) is 3. The Morgan fingerprint density at radius 2 is 1.74 bits per heavy atom. The SMILES string of the molecule is CCn1c(CSc2ccc(C)cc2)nnc1SCC(=O)Nc1ccc(S(N)(=O)=O)cc1. The van der Waals surface area contributed by atoms with Crippen molar-refractivity contribution in [3.63, 3.8) is 0 Å². The summed E-state index contributed by atoms with van der Waals surface area (Å²) in [5.74, 6) is 1.47. The number of hydrogen-bond donors (Lipinski definition) is 2. The first-order valence-electron chi connectivity index (χ1n) is 9.43. The average Bonchev–Trinajstić information content (AvgIpc) is 3.13. The fourth-order valence-corrected chi connectivity index (χ4v) is 4.86. The summed E-state index contributed by atoms with van der Waals surface area (Å²) in [5.41, 5.74) is 1.71. The van der Waals surface area contributed by atoms with Gasteiger partial charge in [0.1, 0.15) is 5.82 Å². The molecule has 0 bridgehead atoms. The Labute approximate surface area is 190 Å². The third kappa shape index (κ3) is 6.57. The Hall–Kier alpha value is -2.34. The summed E-state index contributed by atoms with van der Waals surface area (Å²) in [6.07, 6.45) is 0. The molecule has 164 valence electrons. The number of thioether (sulfide) groups is 2. The van der Waals surface area contributed by atoms with Gasteiger partial charge in [0.05, 0.1) is 16.4 Å². The van der Waals surface area contributed by atoms with Gasteiger partial charge in [0.2, 0.25) is 15.9 Å². The van der Waals surface area contributed by atoms with E-state index in [2.05, 4.69) is 46.7 Å². The predicted octanol–water partition coefficient (Wildman–Crippen LogP) is 3.28. The standard InChI is InChI=1S/C20H23N5O3S3/c1-3-25-18(12-29-16-8-4-14(2)5-9-16)23-24-20(25)30-13-19(26)22-15-6-10-17(11-7-15)31(21,27)28/h4-11H,3,12-13H2,1-2H3,(H,22,26)(H2,21,27,28). The van der Waals surface area contributed by atoms with E-state index in [1.807, 2.05) is 11.5 Å². The highest BCUT2D eigenvalue weighted by Crippen LogP contribution is 2.25. The highest BCUT2D eigenvalue weighted by Gasteiger charge is 2.14. The monoisotopic (exact) mass is 477 g/mol. The molecule has 0 spiro atoms. The van der Waals surface area contributed by atoms with Gasteiger partial charge in [-0.1, -0.05) is 29.5 Å². The smallest absolute Gasteiger partial charge is 0.238 e. The van der Waals surface area contributed by atoms with Crippen molar-refractivity contribution < 1.29 is 13.2 Å². The second-order valence-electron chi connectivity index (χ2n) is 6.65. The topological polar surface area (TPSA) is 120 Å². The number of primary sulfonamides is 1. The van der Waals surface area contributed by atoms with Gasteiger partial charge in [-0.15, -0.1) is 22.0 Å². The Bertz CT molecular complexity index is 1140. The number of sulfonamides is 1. The highest BCUT2D eigenvalue weighted by atomic mass is 32.2. The Morgan fingerprint density at radius 1 is 1.06 bits per heavy atom. The maximum atomic E-state index is 12.3. The van der Waals surface area contributed by atoms with Crippen molar-refractivity contribution in [1.29, 1.82) is 0 Å². The number of rotatable bonds is 9. The third-order valence-electron chi connectivity index (χ3n) is 4.30. The summed E-state index contributed by atoms with van der Waals surface area (Å²) in [6, 6.07) is 14.0. The van der Waals surface area contributed by atoms with E-state index in [-0.39, 0.29) is 16.6 Å². The lowest BCUT2D eigenvalue weighted by molar-refractivity contribution is -0.113. The highest BCUT2D eigenvalue weighted by molar-refractivity contribution is 7.99. The minimum Gasteiger partial charge on any atom is -0.325 e. The first kappa shape index (κ1) is 23.3. The van der Waals surface area contributed by atoms with Crippen LogP contribution in [0, 0.1) is 6.92 Å². The molecular weight excluding hydrogens is 454 g/mol. The normalized spacial score (nSPS) is 11.5. The van der Waals surface area contributed by atoms with Crippen LogP contribution in [-0.4, -0.2) is 34.8 Å². The van der Waals surface area contributed by atoms with E-state index in [0.717, 1.165) is 5.82 Å². The molecule has 3 aromatic rings. The van der Waals surface area contributed by atoms with Crippen LogP contribution in [0.25, 0.3) is 0 Å². The number of aromatic nitrogens is 3. The maximum Gasteiger partial charge on any atom is 0.238 e. The molecule has 0 unspecified atom stereocenters. The summed E-state index contributed by atoms with van der Waals surface area (Å²) < 4.78 is 24.6. The van der Waals surface area contributed by atoms with Crippen LogP contribution in [0.2, 0.25) is 0 Å². The molecule has 8 nitrogen and oxygen atoms in total. The van der Waals surface area contributed by atoms with Crippen molar-refractivity contribution in [3.8, 4) is 0 Å². The van der Waals surface area contributed by atoms with E-state index in [1.54, 1.807) is 11.8 Å². The number of benzene rings is 2. The minimum absolute atomic E-state index is 0.00745. The summed E-state index contributed by atoms with van der Waals surface area (Å²) in [5, 5.41) is 17.0. The van der Waals surface area contributed by atoms with Crippen molar-refractivity contribution in [3.05, 3.63) is 59.9 Å². The second kappa shape index (κ2) is 10.3. The van der Waals surface area contributed by atoms with E-state index in [9.17, 15) is 13.2 Å². The van der Waals surface area contributed by atoms with Crippen LogP contribution < -0.4 is 10.5 Å². The lowest BCUT2D eigenvalue weighted by Gasteiger charge is -2.08. The van der Waals surface area contributed by atoms with E-state index < -0.39 is 10.0 Å². The van der Waals surface area contributed by atoms with Gasteiger partial charge < -0.3 is 9.88 Å². The van der Waals surface area contributed by atoms with Gasteiger partial charge in [-0.3, -0.25) is 4.79 Å². The van der Waals surface area contributed by atoms with Crippen molar-refractivity contribution in [1.82, 2.24) is 14.8 Å². The molecular formula is C20H23N5O3S3. The number of amides is 1. The molecule has 0 aliphatic carbocycles. The van der Waals surface area contributed by atoms with Crippen LogP contribution in [0.3, 0.4) is 0 Å². The molecule has 3 rings (SSSR count). The molecule has 0 radical (unpaired) electrons. The number of carbonyl (C=O) groups is 1. The van der Waals surface area contributed by atoms with Gasteiger partial charge in [-0.05, 0) is 50.2 Å². The lowest BCUT2D eigenvalue weighted by Crippen LogP contribution is -2.15. The van der Waals surface area contributed by atoms with E-state index in [1.165, 1.54) is 46.5 Å². The number of nitrogens with two attached hydrogens (primary N) is 1. The first-order chi connectivity index (χ1) is 14.8. The number of carbonyl (C=O) groups excluding carboxylic acids is 1. The zero-order valence-electron chi connectivity index (χ0n) is 17.1. The minimum atomic E-state index is -3.76. The molecule has 0 atom stereocenters. The van der Waals surface area contributed by atoms with Gasteiger partial charge in [-0.25, -0.2) is 13.6 Å². The molecule has 0 saturated carbocycles. The fourth-order valence-electron chi connectivity index (χ4n) is 2.69. The molecule has 2 aromatic carbocycles. The largest absolute Gasteiger partial charge is 0.325 e. The summed E-state index contributed by atoms with van der Waals surface area (Å²) >= 11 is 2.99. The van der Waals surface area contributed by atoms with Gasteiger partial charge in [-0.2, -0.15) is 0 Å². The number of aryl methyl sites for hydroxylation is 1. The molecule has 0 saturated heterocycles. The predicted molar refractivity (Wildman–Crippen MR) is 124 cm³/mol. The number of nitrogens with one attached hydrogen (secondary N) is 1. The fraction of sp³-hybridized carbons (Fsp3) is 0.250. The molecule has 1 heterocycles. The van der Waals surface area contributed by atoms with Gasteiger partial charge in [0, 0.05) is 17.1 Å². The van der Waals surface area contributed by atoms with Crippen LogP contribution in [-0.2, 0) is 27.1 Å². The molecule has 3 N–H and O–H groups in total. The lowest BCUT2D eigenvalue weighted by atomic mass is 10.2. The van der Waals surface area contributed by atoms with E-state index in [0.29, 0.717) is 23.1 Å².